The Morgan fingerprint density at radius 1 is 0.875 bits per heavy atom. The summed E-state index contributed by atoms with van der Waals surface area (Å²) in [4.78, 5) is 0. The van der Waals surface area contributed by atoms with Crippen molar-refractivity contribution in [1.29, 1.82) is 0 Å². The topological polar surface area (TPSA) is 64.1 Å². The first-order valence-electron chi connectivity index (χ1n) is 5.14. The molecule has 0 heterocycles. The number of nitrogen functional groups attached to an aromatic ring is 2. The lowest BCUT2D eigenvalue weighted by Gasteiger charge is -2.08. The Labute approximate surface area is 95.1 Å². The van der Waals surface area contributed by atoms with E-state index in [1.165, 1.54) is 0 Å². The summed E-state index contributed by atoms with van der Waals surface area (Å²) in [6.45, 7) is 0. The minimum absolute atomic E-state index is 0.747. The molecule has 0 spiro atoms. The van der Waals surface area contributed by atoms with Crippen LogP contribution in [0, 0.1) is 0 Å². The summed E-state index contributed by atoms with van der Waals surface area (Å²) in [6.07, 6.45) is 0. The second kappa shape index (κ2) is 4.14. The molecule has 0 bridgehead atoms. The van der Waals surface area contributed by atoms with Crippen molar-refractivity contribution in [2.45, 2.75) is 0 Å². The number of rotatable bonds is 2. The van der Waals surface area contributed by atoms with Gasteiger partial charge in [-0.25, -0.2) is 0 Å². The van der Waals surface area contributed by atoms with Gasteiger partial charge in [0.2, 0.25) is 0 Å². The van der Waals surface area contributed by atoms with E-state index in [4.69, 9.17) is 11.5 Å². The van der Waals surface area contributed by atoms with Gasteiger partial charge in [-0.2, -0.15) is 0 Å². The van der Waals surface area contributed by atoms with Gasteiger partial charge in [0.25, 0.3) is 0 Å². The van der Waals surface area contributed by atoms with Gasteiger partial charge in [0, 0.05) is 12.7 Å². The zero-order valence-electron chi connectivity index (χ0n) is 9.20. The Balaban J connectivity index is 2.41. The fourth-order valence-electron chi connectivity index (χ4n) is 1.65. The van der Waals surface area contributed by atoms with Crippen LogP contribution >= 0.6 is 0 Å². The zero-order valence-corrected chi connectivity index (χ0v) is 9.20. The van der Waals surface area contributed by atoms with Crippen molar-refractivity contribution in [3.63, 3.8) is 0 Å². The van der Waals surface area contributed by atoms with Crippen LogP contribution in [0.5, 0.6) is 0 Å². The van der Waals surface area contributed by atoms with Crippen LogP contribution in [-0.2, 0) is 0 Å². The quantitative estimate of drug-likeness (QED) is 0.672. The van der Waals surface area contributed by atoms with Crippen LogP contribution in [0.4, 0.5) is 17.1 Å². The Morgan fingerprint density at radius 2 is 1.50 bits per heavy atom. The third-order valence-electron chi connectivity index (χ3n) is 2.56. The fraction of sp³-hybridized carbons (Fsp3) is 0.0769. The summed E-state index contributed by atoms with van der Waals surface area (Å²) in [5.74, 6) is 0. The molecule has 2 aromatic carbocycles. The van der Waals surface area contributed by atoms with Crippen LogP contribution in [0.1, 0.15) is 0 Å². The number of nitrogens with one attached hydrogen (secondary N) is 1. The molecule has 0 saturated heterocycles. The standard InChI is InChI=1S/C13H15N3/c1-16-13-7-4-10(8-12(13)15)9-2-5-11(14)6-3-9/h2-8,16H,14-15H2,1H3. The Hall–Kier alpha value is -2.16. The second-order valence-corrected chi connectivity index (χ2v) is 3.67. The lowest BCUT2D eigenvalue weighted by atomic mass is 10.0. The van der Waals surface area contributed by atoms with Crippen LogP contribution in [0.25, 0.3) is 11.1 Å². The third-order valence-corrected chi connectivity index (χ3v) is 2.56. The van der Waals surface area contributed by atoms with Gasteiger partial charge in [0.15, 0.2) is 0 Å². The van der Waals surface area contributed by atoms with E-state index in [9.17, 15) is 0 Å². The number of nitrogens with two attached hydrogens (primary N) is 2. The Bertz CT molecular complexity index is 489. The minimum atomic E-state index is 0.747. The molecule has 82 valence electrons. The summed E-state index contributed by atoms with van der Waals surface area (Å²) in [5.41, 5.74) is 16.2. The molecule has 2 rings (SSSR count). The van der Waals surface area contributed by atoms with Crippen LogP contribution in [0.15, 0.2) is 42.5 Å². The molecular formula is C13H15N3. The molecule has 0 amide bonds. The zero-order chi connectivity index (χ0) is 11.5. The number of hydrogen-bond acceptors (Lipinski definition) is 3. The van der Waals surface area contributed by atoms with Crippen molar-refractivity contribution in [2.75, 3.05) is 23.8 Å². The largest absolute Gasteiger partial charge is 0.399 e. The highest BCUT2D eigenvalue weighted by Gasteiger charge is 2.01. The van der Waals surface area contributed by atoms with E-state index in [2.05, 4.69) is 5.32 Å². The van der Waals surface area contributed by atoms with E-state index < -0.39 is 0 Å². The van der Waals surface area contributed by atoms with E-state index in [-0.39, 0.29) is 0 Å². The van der Waals surface area contributed by atoms with E-state index in [1.807, 2.05) is 49.5 Å². The number of anilines is 3. The molecule has 0 saturated carbocycles. The third kappa shape index (κ3) is 1.93. The predicted octanol–water partition coefficient (Wildman–Crippen LogP) is 2.56. The molecule has 3 heteroatoms. The van der Waals surface area contributed by atoms with Crippen molar-refractivity contribution in [3.8, 4) is 11.1 Å². The molecule has 0 unspecified atom stereocenters. The van der Waals surface area contributed by atoms with Crippen molar-refractivity contribution in [2.24, 2.45) is 0 Å². The van der Waals surface area contributed by atoms with E-state index >= 15 is 0 Å². The van der Waals surface area contributed by atoms with E-state index in [0.29, 0.717) is 0 Å². The summed E-state index contributed by atoms with van der Waals surface area (Å²) in [6, 6.07) is 13.7. The van der Waals surface area contributed by atoms with Gasteiger partial charge in [0.1, 0.15) is 0 Å². The summed E-state index contributed by atoms with van der Waals surface area (Å²) < 4.78 is 0. The van der Waals surface area contributed by atoms with Crippen molar-refractivity contribution in [3.05, 3.63) is 42.5 Å². The smallest absolute Gasteiger partial charge is 0.0571 e. The summed E-state index contributed by atoms with van der Waals surface area (Å²) in [7, 11) is 1.86. The van der Waals surface area contributed by atoms with Crippen molar-refractivity contribution < 1.29 is 0 Å². The average Bonchev–Trinajstić information content (AvgIpc) is 2.30. The molecule has 16 heavy (non-hydrogen) atoms. The first kappa shape index (κ1) is 10.4. The lowest BCUT2D eigenvalue weighted by Crippen LogP contribution is -1.95. The molecule has 2 aromatic rings. The monoisotopic (exact) mass is 213 g/mol. The average molecular weight is 213 g/mol. The molecule has 3 nitrogen and oxygen atoms in total. The lowest BCUT2D eigenvalue weighted by molar-refractivity contribution is 1.50. The van der Waals surface area contributed by atoms with Gasteiger partial charge in [-0.15, -0.1) is 0 Å². The molecular weight excluding hydrogens is 198 g/mol. The van der Waals surface area contributed by atoms with Crippen LogP contribution in [-0.4, -0.2) is 7.05 Å². The van der Waals surface area contributed by atoms with Crippen molar-refractivity contribution >= 4 is 17.1 Å². The van der Waals surface area contributed by atoms with E-state index in [1.54, 1.807) is 0 Å². The predicted molar refractivity (Wildman–Crippen MR) is 70.2 cm³/mol. The molecule has 0 atom stereocenters. The van der Waals surface area contributed by atoms with Crippen LogP contribution in [0.3, 0.4) is 0 Å². The normalized spacial score (nSPS) is 10.1. The van der Waals surface area contributed by atoms with E-state index in [0.717, 1.165) is 28.2 Å². The number of benzene rings is 2. The maximum Gasteiger partial charge on any atom is 0.0571 e. The van der Waals surface area contributed by atoms with Crippen molar-refractivity contribution in [1.82, 2.24) is 0 Å². The maximum atomic E-state index is 5.91. The highest BCUT2D eigenvalue weighted by Crippen LogP contribution is 2.27. The van der Waals surface area contributed by atoms with Gasteiger partial charge in [-0.05, 0) is 35.4 Å². The molecule has 0 fully saturated rings. The van der Waals surface area contributed by atoms with Gasteiger partial charge in [0.05, 0.1) is 11.4 Å². The second-order valence-electron chi connectivity index (χ2n) is 3.67. The highest BCUT2D eigenvalue weighted by atomic mass is 14.8. The Morgan fingerprint density at radius 3 is 2.06 bits per heavy atom. The minimum Gasteiger partial charge on any atom is -0.399 e. The maximum absolute atomic E-state index is 5.91. The first-order valence-corrected chi connectivity index (χ1v) is 5.14. The van der Waals surface area contributed by atoms with Gasteiger partial charge < -0.3 is 16.8 Å². The van der Waals surface area contributed by atoms with Crippen LogP contribution < -0.4 is 16.8 Å². The molecule has 0 aliphatic carbocycles. The van der Waals surface area contributed by atoms with Gasteiger partial charge in [-0.3, -0.25) is 0 Å². The molecule has 0 aliphatic heterocycles. The molecule has 0 aliphatic rings. The highest BCUT2D eigenvalue weighted by molar-refractivity contribution is 5.76. The summed E-state index contributed by atoms with van der Waals surface area (Å²) in [5, 5.41) is 3.04. The summed E-state index contributed by atoms with van der Waals surface area (Å²) >= 11 is 0. The Kier molecular flexibility index (Phi) is 2.68. The number of hydrogen-bond donors (Lipinski definition) is 3. The van der Waals surface area contributed by atoms with Crippen LogP contribution in [0.2, 0.25) is 0 Å². The molecule has 5 N–H and O–H groups in total. The molecule has 0 aromatic heterocycles. The van der Waals surface area contributed by atoms with Gasteiger partial charge in [-0.1, -0.05) is 18.2 Å². The molecule has 0 radical (unpaired) electrons. The SMILES string of the molecule is CNc1ccc(-c2ccc(N)cc2)cc1N. The fourth-order valence-corrected chi connectivity index (χ4v) is 1.65. The van der Waals surface area contributed by atoms with Gasteiger partial charge >= 0.3 is 0 Å². The first-order chi connectivity index (χ1) is 7.70.